The highest BCUT2D eigenvalue weighted by Gasteiger charge is 2.44. The highest BCUT2D eigenvalue weighted by atomic mass is 32.2. The molecule has 0 radical (unpaired) electrons. The molecular weight excluding hydrogens is 397 g/mol. The zero-order valence-corrected chi connectivity index (χ0v) is 17.0. The van der Waals surface area contributed by atoms with E-state index in [1.807, 2.05) is 25.1 Å². The van der Waals surface area contributed by atoms with E-state index < -0.39 is 0 Å². The summed E-state index contributed by atoms with van der Waals surface area (Å²) in [5.41, 5.74) is 1.06. The summed E-state index contributed by atoms with van der Waals surface area (Å²) in [4.78, 5) is 27.1. The molecule has 2 aromatic carbocycles. The van der Waals surface area contributed by atoms with Crippen LogP contribution in [0.15, 0.2) is 54.6 Å². The van der Waals surface area contributed by atoms with Crippen molar-refractivity contribution in [2.45, 2.75) is 18.7 Å². The molecule has 3 rings (SSSR count). The minimum Gasteiger partial charge on any atom is -0.479 e. The van der Waals surface area contributed by atoms with E-state index in [9.17, 15) is 14.0 Å². The highest BCUT2D eigenvalue weighted by molar-refractivity contribution is 8.23. The molecule has 0 N–H and O–H groups in total. The molecule has 1 fully saturated rings. The molecule has 2 aromatic rings. The predicted octanol–water partition coefficient (Wildman–Crippen LogP) is 4.55. The van der Waals surface area contributed by atoms with Gasteiger partial charge in [0.15, 0.2) is 5.78 Å². The van der Waals surface area contributed by atoms with Crippen LogP contribution >= 0.6 is 24.0 Å². The number of halogens is 1. The van der Waals surface area contributed by atoms with Crippen LogP contribution in [0.4, 0.5) is 4.39 Å². The van der Waals surface area contributed by atoms with Crippen LogP contribution in [-0.4, -0.2) is 39.5 Å². The summed E-state index contributed by atoms with van der Waals surface area (Å²) in [7, 11) is 0. The first-order chi connectivity index (χ1) is 13.5. The lowest BCUT2D eigenvalue weighted by Crippen LogP contribution is -2.57. The SMILES string of the molecule is CCOC(=S)S[C@H]1[C@H](CC(=O)c2ccc(F)cc2)CN1C(=O)c1ccccc1. The van der Waals surface area contributed by atoms with E-state index in [2.05, 4.69) is 0 Å². The second kappa shape index (κ2) is 9.30. The zero-order chi connectivity index (χ0) is 20.1. The molecule has 1 heterocycles. The summed E-state index contributed by atoms with van der Waals surface area (Å²) in [6.45, 7) is 2.76. The molecule has 0 saturated carbocycles. The lowest BCUT2D eigenvalue weighted by atomic mass is 9.90. The number of carbonyl (C=O) groups is 2. The fraction of sp³-hybridized carbons (Fsp3) is 0.286. The molecule has 2 atom stereocenters. The summed E-state index contributed by atoms with van der Waals surface area (Å²) in [6, 6.07) is 14.5. The molecule has 0 aromatic heterocycles. The number of hydrogen-bond donors (Lipinski definition) is 0. The Bertz CT molecular complexity index is 858. The summed E-state index contributed by atoms with van der Waals surface area (Å²) in [5.74, 6) is -0.600. The van der Waals surface area contributed by atoms with Gasteiger partial charge in [0, 0.05) is 30.0 Å². The molecule has 0 spiro atoms. The maximum absolute atomic E-state index is 13.1. The number of hydrogen-bond acceptors (Lipinski definition) is 5. The van der Waals surface area contributed by atoms with Crippen LogP contribution < -0.4 is 0 Å². The van der Waals surface area contributed by atoms with Gasteiger partial charge in [-0.15, -0.1) is 0 Å². The molecule has 7 heteroatoms. The first kappa shape index (κ1) is 20.5. The Morgan fingerprint density at radius 3 is 2.46 bits per heavy atom. The highest BCUT2D eigenvalue weighted by Crippen LogP contribution is 2.38. The average molecular weight is 418 g/mol. The monoisotopic (exact) mass is 417 g/mol. The first-order valence-electron chi connectivity index (χ1n) is 8.97. The van der Waals surface area contributed by atoms with Gasteiger partial charge < -0.3 is 9.64 Å². The third-order valence-corrected chi connectivity index (χ3v) is 6.11. The van der Waals surface area contributed by atoms with Crippen molar-refractivity contribution < 1.29 is 18.7 Å². The summed E-state index contributed by atoms with van der Waals surface area (Å²) < 4.78 is 18.8. The summed E-state index contributed by atoms with van der Waals surface area (Å²) in [6.07, 6.45) is 0.261. The van der Waals surface area contributed by atoms with E-state index in [-0.39, 0.29) is 35.2 Å². The van der Waals surface area contributed by atoms with Crippen molar-refractivity contribution in [1.29, 1.82) is 0 Å². The number of thioether (sulfide) groups is 1. The molecule has 1 aliphatic rings. The quantitative estimate of drug-likeness (QED) is 0.510. The van der Waals surface area contributed by atoms with Crippen molar-refractivity contribution in [2.75, 3.05) is 13.2 Å². The standard InChI is InChI=1S/C21H20FNO3S2/c1-2-26-21(27)28-20-16(12-18(24)14-8-10-17(22)11-9-14)13-23(20)19(25)15-6-4-3-5-7-15/h3-11,16,20H,2,12-13H2,1H3/t16-,20+/m1/s1. The van der Waals surface area contributed by atoms with Gasteiger partial charge in [-0.1, -0.05) is 30.0 Å². The van der Waals surface area contributed by atoms with E-state index in [4.69, 9.17) is 17.0 Å². The van der Waals surface area contributed by atoms with E-state index in [0.29, 0.717) is 28.7 Å². The predicted molar refractivity (Wildman–Crippen MR) is 112 cm³/mol. The summed E-state index contributed by atoms with van der Waals surface area (Å²) in [5, 5.41) is -0.267. The van der Waals surface area contributed by atoms with Crippen LogP contribution in [0.1, 0.15) is 34.1 Å². The topological polar surface area (TPSA) is 46.6 Å². The summed E-state index contributed by atoms with van der Waals surface area (Å²) >= 11 is 6.53. The normalized spacial score (nSPS) is 18.3. The molecule has 0 bridgehead atoms. The van der Waals surface area contributed by atoms with Crippen molar-refractivity contribution in [3.8, 4) is 0 Å². The van der Waals surface area contributed by atoms with Gasteiger partial charge in [-0.25, -0.2) is 4.39 Å². The van der Waals surface area contributed by atoms with Gasteiger partial charge in [0.1, 0.15) is 5.82 Å². The second-order valence-corrected chi connectivity index (χ2v) is 8.13. The van der Waals surface area contributed by atoms with Gasteiger partial charge in [-0.3, -0.25) is 9.59 Å². The largest absolute Gasteiger partial charge is 0.479 e. The van der Waals surface area contributed by atoms with Gasteiger partial charge in [-0.2, -0.15) is 0 Å². The van der Waals surface area contributed by atoms with Crippen molar-refractivity contribution >= 4 is 40.1 Å². The number of thiocarbonyl (C=S) groups is 1. The minimum atomic E-state index is -0.379. The van der Waals surface area contributed by atoms with Gasteiger partial charge in [-0.05, 0) is 55.5 Å². The second-order valence-electron chi connectivity index (χ2n) is 6.41. The maximum atomic E-state index is 13.1. The average Bonchev–Trinajstić information content (AvgIpc) is 2.70. The Kier molecular flexibility index (Phi) is 6.80. The molecular formula is C21H20FNO3S2. The van der Waals surface area contributed by atoms with Gasteiger partial charge in [0.05, 0.1) is 12.0 Å². The van der Waals surface area contributed by atoms with Crippen LogP contribution in [0.3, 0.4) is 0 Å². The third-order valence-electron chi connectivity index (χ3n) is 4.52. The molecule has 1 aliphatic heterocycles. The van der Waals surface area contributed by atoms with Crippen LogP contribution in [0.5, 0.6) is 0 Å². The van der Waals surface area contributed by atoms with Gasteiger partial charge in [0.25, 0.3) is 5.91 Å². The lowest BCUT2D eigenvalue weighted by molar-refractivity contribution is 0.0389. The Morgan fingerprint density at radius 1 is 1.14 bits per heavy atom. The van der Waals surface area contributed by atoms with Gasteiger partial charge >= 0.3 is 0 Å². The molecule has 4 nitrogen and oxygen atoms in total. The molecule has 146 valence electrons. The van der Waals surface area contributed by atoms with Crippen LogP contribution in [0.2, 0.25) is 0 Å². The van der Waals surface area contributed by atoms with E-state index in [0.717, 1.165) is 0 Å². The number of ketones is 1. The molecule has 28 heavy (non-hydrogen) atoms. The zero-order valence-electron chi connectivity index (χ0n) is 15.3. The Hall–Kier alpha value is -2.25. The van der Waals surface area contributed by atoms with Crippen LogP contribution in [0, 0.1) is 11.7 Å². The lowest BCUT2D eigenvalue weighted by Gasteiger charge is -2.47. The van der Waals surface area contributed by atoms with Crippen molar-refractivity contribution in [1.82, 2.24) is 4.90 Å². The Labute approximate surface area is 173 Å². The number of carbonyl (C=O) groups excluding carboxylic acids is 2. The number of benzene rings is 2. The number of Topliss-reactive ketones (excluding diaryl/α,β-unsaturated/α-hetero) is 1. The number of ether oxygens (including phenoxy) is 1. The fourth-order valence-corrected chi connectivity index (χ4v) is 4.56. The molecule has 0 unspecified atom stereocenters. The number of likely N-dealkylation sites (tertiary alicyclic amines) is 1. The smallest absolute Gasteiger partial charge is 0.254 e. The van der Waals surface area contributed by atoms with Crippen molar-refractivity contribution in [3.63, 3.8) is 0 Å². The first-order valence-corrected chi connectivity index (χ1v) is 10.3. The molecule has 1 saturated heterocycles. The van der Waals surface area contributed by atoms with Crippen molar-refractivity contribution in [2.24, 2.45) is 5.92 Å². The van der Waals surface area contributed by atoms with E-state index in [1.54, 1.807) is 17.0 Å². The Balaban J connectivity index is 1.71. The molecule has 0 aliphatic carbocycles. The Morgan fingerprint density at radius 2 is 1.82 bits per heavy atom. The molecule has 1 amide bonds. The van der Waals surface area contributed by atoms with Crippen molar-refractivity contribution in [3.05, 3.63) is 71.5 Å². The fourth-order valence-electron chi connectivity index (χ4n) is 3.08. The van der Waals surface area contributed by atoms with Crippen LogP contribution in [-0.2, 0) is 4.74 Å². The van der Waals surface area contributed by atoms with Crippen LogP contribution in [0.25, 0.3) is 0 Å². The number of amides is 1. The van der Waals surface area contributed by atoms with E-state index in [1.165, 1.54) is 36.0 Å². The van der Waals surface area contributed by atoms with Gasteiger partial charge in [0.2, 0.25) is 4.38 Å². The third kappa shape index (κ3) is 4.77. The minimum absolute atomic E-state index is 0.0476. The maximum Gasteiger partial charge on any atom is 0.254 e. The van der Waals surface area contributed by atoms with E-state index >= 15 is 0 Å². The number of rotatable bonds is 6. The number of nitrogens with zero attached hydrogens (tertiary/aromatic N) is 1.